The zero-order valence-corrected chi connectivity index (χ0v) is 20.5. The summed E-state index contributed by atoms with van der Waals surface area (Å²) in [5.74, 6) is 3.42. The molecule has 9 nitrogen and oxygen atoms in total. The highest BCUT2D eigenvalue weighted by atomic mass is 16.1. The summed E-state index contributed by atoms with van der Waals surface area (Å²) in [6.07, 6.45) is 11.5. The molecule has 2 heterocycles. The highest BCUT2D eigenvalue weighted by Gasteiger charge is 2.25. The summed E-state index contributed by atoms with van der Waals surface area (Å²) in [4.78, 5) is 30.8. The predicted octanol–water partition coefficient (Wildman–Crippen LogP) is 2.72. The Morgan fingerprint density at radius 3 is 2.27 bits per heavy atom. The van der Waals surface area contributed by atoms with Gasteiger partial charge in [0, 0.05) is 52.2 Å². The number of likely N-dealkylation sites (N-methyl/N-ethyl adjacent to an activating group) is 1. The van der Waals surface area contributed by atoms with Crippen LogP contribution in [0.4, 0.5) is 17.8 Å². The average Bonchev–Trinajstić information content (AvgIpc) is 2.85. The topological polar surface area (TPSA) is 98.3 Å². The van der Waals surface area contributed by atoms with Crippen LogP contribution in [0.2, 0.25) is 0 Å². The fraction of sp³-hybridized carbons (Fsp3) is 0.833. The van der Waals surface area contributed by atoms with Gasteiger partial charge >= 0.3 is 0 Å². The van der Waals surface area contributed by atoms with Crippen molar-refractivity contribution in [1.29, 1.82) is 0 Å². The molecule has 4 rings (SSSR count). The average molecular weight is 459 g/mol. The lowest BCUT2D eigenvalue weighted by atomic mass is 9.84. The zero-order chi connectivity index (χ0) is 23.0. The molecule has 1 aromatic rings. The molecule has 33 heavy (non-hydrogen) atoms. The maximum Gasteiger partial charge on any atom is 0.232 e. The molecule has 3 fully saturated rings. The van der Waals surface area contributed by atoms with E-state index in [1.165, 1.54) is 32.1 Å². The molecular weight excluding hydrogens is 416 g/mol. The first-order valence-electron chi connectivity index (χ1n) is 13.0. The molecule has 0 atom stereocenters. The number of anilines is 3. The molecule has 0 unspecified atom stereocenters. The molecule has 2 saturated carbocycles. The molecule has 9 heteroatoms. The van der Waals surface area contributed by atoms with Gasteiger partial charge in [-0.15, -0.1) is 0 Å². The Balaban J connectivity index is 1.23. The van der Waals surface area contributed by atoms with Crippen LogP contribution in [0, 0.1) is 11.8 Å². The third kappa shape index (κ3) is 7.16. The molecule has 0 radical (unpaired) electrons. The molecule has 3 aliphatic rings. The van der Waals surface area contributed by atoms with Gasteiger partial charge in [0.1, 0.15) is 0 Å². The number of rotatable bonds is 8. The molecule has 0 aromatic carbocycles. The number of piperazine rings is 1. The second-order valence-corrected chi connectivity index (χ2v) is 10.2. The first-order valence-corrected chi connectivity index (χ1v) is 13.0. The van der Waals surface area contributed by atoms with Crippen molar-refractivity contribution >= 4 is 23.8 Å². The Hall–Kier alpha value is -2.16. The van der Waals surface area contributed by atoms with Crippen LogP contribution >= 0.6 is 0 Å². The molecular formula is C24H42N8O. The van der Waals surface area contributed by atoms with Crippen molar-refractivity contribution in [2.75, 3.05) is 62.4 Å². The molecule has 1 aromatic heterocycles. The first-order chi connectivity index (χ1) is 16.1. The minimum atomic E-state index is 0.241. The number of carbonyl (C=O) groups is 1. The van der Waals surface area contributed by atoms with Crippen molar-refractivity contribution in [3.63, 3.8) is 0 Å². The van der Waals surface area contributed by atoms with E-state index in [0.717, 1.165) is 64.4 Å². The summed E-state index contributed by atoms with van der Waals surface area (Å²) >= 11 is 0. The highest BCUT2D eigenvalue weighted by Crippen LogP contribution is 2.29. The first kappa shape index (κ1) is 24.0. The van der Waals surface area contributed by atoms with E-state index in [1.807, 2.05) is 7.05 Å². The van der Waals surface area contributed by atoms with Gasteiger partial charge in [0.15, 0.2) is 0 Å². The standard InChI is InChI=1S/C24H42N8O/c1-25-22-28-23(30-24(29-22)32-14-12-31(2)13-15-32)27-20-10-8-18(9-11-20)16-21(33)26-17-19-6-4-3-5-7-19/h18-20H,3-17H2,1-2H3,(H,26,33)(H2,25,27,28,29,30). The van der Waals surface area contributed by atoms with E-state index in [9.17, 15) is 4.79 Å². The normalized spacial score (nSPS) is 25.0. The van der Waals surface area contributed by atoms with Crippen molar-refractivity contribution in [1.82, 2.24) is 25.2 Å². The van der Waals surface area contributed by atoms with E-state index < -0.39 is 0 Å². The van der Waals surface area contributed by atoms with Gasteiger partial charge in [-0.05, 0) is 57.4 Å². The second-order valence-electron chi connectivity index (χ2n) is 10.2. The van der Waals surface area contributed by atoms with Gasteiger partial charge in [-0.3, -0.25) is 4.79 Å². The van der Waals surface area contributed by atoms with Crippen molar-refractivity contribution in [3.05, 3.63) is 0 Å². The summed E-state index contributed by atoms with van der Waals surface area (Å²) in [5, 5.41) is 9.83. The lowest BCUT2D eigenvalue weighted by molar-refractivity contribution is -0.122. The van der Waals surface area contributed by atoms with Gasteiger partial charge in [-0.1, -0.05) is 19.3 Å². The SMILES string of the molecule is CNc1nc(NC2CCC(CC(=O)NCC3CCCCC3)CC2)nc(N2CCN(C)CC2)n1. The minimum Gasteiger partial charge on any atom is -0.357 e. The van der Waals surface area contributed by atoms with Crippen molar-refractivity contribution in [2.45, 2.75) is 70.3 Å². The van der Waals surface area contributed by atoms with Crippen molar-refractivity contribution < 1.29 is 4.79 Å². The maximum absolute atomic E-state index is 12.4. The molecule has 0 bridgehead atoms. The maximum atomic E-state index is 12.4. The summed E-state index contributed by atoms with van der Waals surface area (Å²) in [7, 11) is 3.99. The molecule has 2 aliphatic carbocycles. The third-order valence-electron chi connectivity index (χ3n) is 7.60. The smallest absolute Gasteiger partial charge is 0.232 e. The Kier molecular flexibility index (Phi) is 8.58. The van der Waals surface area contributed by atoms with Crippen LogP contribution in [-0.4, -0.2) is 78.6 Å². The number of hydrogen-bond donors (Lipinski definition) is 3. The second kappa shape index (κ2) is 11.8. The van der Waals surface area contributed by atoms with Crippen LogP contribution < -0.4 is 20.9 Å². The number of nitrogens with zero attached hydrogens (tertiary/aromatic N) is 5. The number of hydrogen-bond acceptors (Lipinski definition) is 8. The molecule has 3 N–H and O–H groups in total. The van der Waals surface area contributed by atoms with Crippen LogP contribution in [0.3, 0.4) is 0 Å². The largest absolute Gasteiger partial charge is 0.357 e. The Morgan fingerprint density at radius 1 is 0.879 bits per heavy atom. The van der Waals surface area contributed by atoms with E-state index in [0.29, 0.717) is 36.2 Å². The van der Waals surface area contributed by atoms with E-state index in [4.69, 9.17) is 4.98 Å². The van der Waals surface area contributed by atoms with E-state index in [2.05, 4.69) is 42.8 Å². The quantitative estimate of drug-likeness (QED) is 0.547. The lowest BCUT2D eigenvalue weighted by Crippen LogP contribution is -2.45. The zero-order valence-electron chi connectivity index (χ0n) is 20.5. The monoisotopic (exact) mass is 458 g/mol. The highest BCUT2D eigenvalue weighted by molar-refractivity contribution is 5.76. The van der Waals surface area contributed by atoms with Crippen LogP contribution in [0.1, 0.15) is 64.2 Å². The van der Waals surface area contributed by atoms with Gasteiger partial charge in [-0.2, -0.15) is 15.0 Å². The fourth-order valence-electron chi connectivity index (χ4n) is 5.37. The predicted molar refractivity (Wildman–Crippen MR) is 133 cm³/mol. The fourth-order valence-corrected chi connectivity index (χ4v) is 5.37. The van der Waals surface area contributed by atoms with Gasteiger partial charge in [0.25, 0.3) is 0 Å². The van der Waals surface area contributed by atoms with Crippen molar-refractivity contribution in [2.24, 2.45) is 11.8 Å². The number of carbonyl (C=O) groups excluding carboxylic acids is 1. The number of aromatic nitrogens is 3. The van der Waals surface area contributed by atoms with E-state index in [1.54, 1.807) is 0 Å². The van der Waals surface area contributed by atoms with Crippen molar-refractivity contribution in [3.8, 4) is 0 Å². The minimum absolute atomic E-state index is 0.241. The number of nitrogens with one attached hydrogen (secondary N) is 3. The van der Waals surface area contributed by atoms with Crippen LogP contribution in [0.15, 0.2) is 0 Å². The van der Waals surface area contributed by atoms with E-state index in [-0.39, 0.29) is 5.91 Å². The summed E-state index contributed by atoms with van der Waals surface area (Å²) in [6.45, 7) is 4.76. The number of amides is 1. The molecule has 184 valence electrons. The molecule has 0 spiro atoms. The molecule has 1 saturated heterocycles. The Morgan fingerprint density at radius 2 is 1.58 bits per heavy atom. The van der Waals surface area contributed by atoms with Gasteiger partial charge in [-0.25, -0.2) is 0 Å². The van der Waals surface area contributed by atoms with Gasteiger partial charge in [0.2, 0.25) is 23.8 Å². The Bertz CT molecular complexity index is 753. The van der Waals surface area contributed by atoms with Crippen LogP contribution in [0.25, 0.3) is 0 Å². The Labute approximate surface area is 198 Å². The lowest BCUT2D eigenvalue weighted by Gasteiger charge is -2.33. The van der Waals surface area contributed by atoms with Crippen LogP contribution in [0.5, 0.6) is 0 Å². The third-order valence-corrected chi connectivity index (χ3v) is 7.60. The summed E-state index contributed by atoms with van der Waals surface area (Å²) in [5.41, 5.74) is 0. The summed E-state index contributed by atoms with van der Waals surface area (Å²) in [6, 6.07) is 0.346. The van der Waals surface area contributed by atoms with E-state index >= 15 is 0 Å². The van der Waals surface area contributed by atoms with Crippen LogP contribution in [-0.2, 0) is 4.79 Å². The van der Waals surface area contributed by atoms with Gasteiger partial charge < -0.3 is 25.8 Å². The molecule has 1 amide bonds. The summed E-state index contributed by atoms with van der Waals surface area (Å²) < 4.78 is 0. The van der Waals surface area contributed by atoms with Gasteiger partial charge in [0.05, 0.1) is 0 Å². The molecule has 1 aliphatic heterocycles.